The molecule has 8 heteroatoms. The number of rotatable bonds is 6. The summed E-state index contributed by atoms with van der Waals surface area (Å²) >= 11 is 0. The van der Waals surface area contributed by atoms with Gasteiger partial charge in [0.05, 0.1) is 17.7 Å². The number of hydrogen-bond donors (Lipinski definition) is 1. The van der Waals surface area contributed by atoms with Crippen molar-refractivity contribution in [1.82, 2.24) is 15.1 Å². The van der Waals surface area contributed by atoms with Crippen molar-refractivity contribution < 1.29 is 18.8 Å². The second-order valence-electron chi connectivity index (χ2n) is 7.74. The topological polar surface area (TPSA) is 69.7 Å². The molecule has 3 amide bonds. The zero-order chi connectivity index (χ0) is 21.1. The van der Waals surface area contributed by atoms with Gasteiger partial charge in [-0.15, -0.1) is 12.4 Å². The van der Waals surface area contributed by atoms with Gasteiger partial charge in [0.15, 0.2) is 0 Å². The van der Waals surface area contributed by atoms with E-state index in [1.54, 1.807) is 18.2 Å². The number of halogens is 2. The molecule has 0 atom stereocenters. The summed E-state index contributed by atoms with van der Waals surface area (Å²) in [6.45, 7) is 3.54. The summed E-state index contributed by atoms with van der Waals surface area (Å²) in [5.41, 5.74) is 1.52. The van der Waals surface area contributed by atoms with E-state index in [1.807, 2.05) is 0 Å². The molecule has 31 heavy (non-hydrogen) atoms. The lowest BCUT2D eigenvalue weighted by Crippen LogP contribution is -2.37. The van der Waals surface area contributed by atoms with Crippen LogP contribution in [0.1, 0.15) is 55.9 Å². The number of hydrogen-bond acceptors (Lipinski definition) is 4. The van der Waals surface area contributed by atoms with Crippen molar-refractivity contribution in [3.8, 4) is 0 Å². The summed E-state index contributed by atoms with van der Waals surface area (Å²) in [6.07, 6.45) is 3.66. The molecule has 0 aromatic heterocycles. The number of imide groups is 1. The third-order valence-electron chi connectivity index (χ3n) is 5.65. The highest BCUT2D eigenvalue weighted by atomic mass is 35.5. The number of benzene rings is 2. The molecule has 164 valence electrons. The SMILES string of the molecule is Cl.O=C(NCCN1CCCCC1)c1ccc2c(c1)C(=O)N(Cc1ccc(F)cc1)C2=O. The van der Waals surface area contributed by atoms with Gasteiger partial charge in [0, 0.05) is 18.7 Å². The molecule has 1 fully saturated rings. The highest BCUT2D eigenvalue weighted by molar-refractivity contribution is 6.22. The zero-order valence-corrected chi connectivity index (χ0v) is 17.9. The van der Waals surface area contributed by atoms with Crippen molar-refractivity contribution >= 4 is 30.1 Å². The van der Waals surface area contributed by atoms with E-state index in [4.69, 9.17) is 0 Å². The lowest BCUT2D eigenvalue weighted by atomic mass is 10.1. The summed E-state index contributed by atoms with van der Waals surface area (Å²) in [5.74, 6) is -1.48. The monoisotopic (exact) mass is 445 g/mol. The van der Waals surface area contributed by atoms with Crippen LogP contribution in [0.25, 0.3) is 0 Å². The predicted octanol–water partition coefficient (Wildman–Crippen LogP) is 3.26. The third-order valence-corrected chi connectivity index (χ3v) is 5.65. The molecule has 2 aromatic carbocycles. The van der Waals surface area contributed by atoms with Crippen LogP contribution in [0.4, 0.5) is 4.39 Å². The van der Waals surface area contributed by atoms with E-state index in [-0.39, 0.29) is 41.8 Å². The molecule has 2 heterocycles. The van der Waals surface area contributed by atoms with Gasteiger partial charge in [0.2, 0.25) is 0 Å². The Hall–Kier alpha value is -2.77. The maximum atomic E-state index is 13.1. The minimum atomic E-state index is -0.442. The number of nitrogens with zero attached hydrogens (tertiary/aromatic N) is 2. The van der Waals surface area contributed by atoms with Gasteiger partial charge in [-0.3, -0.25) is 19.3 Å². The van der Waals surface area contributed by atoms with Gasteiger partial charge >= 0.3 is 0 Å². The van der Waals surface area contributed by atoms with Gasteiger partial charge in [-0.2, -0.15) is 0 Å². The molecule has 1 saturated heterocycles. The molecule has 0 saturated carbocycles. The lowest BCUT2D eigenvalue weighted by Gasteiger charge is -2.26. The van der Waals surface area contributed by atoms with E-state index in [2.05, 4.69) is 10.2 Å². The van der Waals surface area contributed by atoms with Gasteiger partial charge < -0.3 is 10.2 Å². The Morgan fingerprint density at radius 1 is 0.935 bits per heavy atom. The third kappa shape index (κ3) is 5.11. The van der Waals surface area contributed by atoms with Crippen molar-refractivity contribution in [1.29, 1.82) is 0 Å². The Labute approximate surface area is 186 Å². The minimum absolute atomic E-state index is 0. The fourth-order valence-electron chi connectivity index (χ4n) is 3.96. The molecule has 0 aliphatic carbocycles. The van der Waals surface area contributed by atoms with Crippen molar-refractivity contribution in [2.24, 2.45) is 0 Å². The average molecular weight is 446 g/mol. The first-order valence-electron chi connectivity index (χ1n) is 10.3. The first kappa shape index (κ1) is 22.9. The van der Waals surface area contributed by atoms with E-state index in [0.29, 0.717) is 17.7 Å². The first-order valence-corrected chi connectivity index (χ1v) is 10.3. The smallest absolute Gasteiger partial charge is 0.261 e. The number of amides is 3. The average Bonchev–Trinajstić information content (AvgIpc) is 3.00. The van der Waals surface area contributed by atoms with Crippen LogP contribution in [0.5, 0.6) is 0 Å². The highest BCUT2D eigenvalue weighted by Crippen LogP contribution is 2.25. The summed E-state index contributed by atoms with van der Waals surface area (Å²) in [7, 11) is 0. The van der Waals surface area contributed by atoms with E-state index in [9.17, 15) is 18.8 Å². The van der Waals surface area contributed by atoms with E-state index in [1.165, 1.54) is 43.5 Å². The number of piperidine rings is 1. The second-order valence-corrected chi connectivity index (χ2v) is 7.74. The standard InChI is InChI=1S/C23H24FN3O3.ClH/c24-18-7-4-16(5-8-18)15-27-22(29)19-9-6-17(14-20(19)23(27)30)21(28)25-10-13-26-11-2-1-3-12-26;/h4-9,14H,1-3,10-13,15H2,(H,25,28);1H. The van der Waals surface area contributed by atoms with Crippen LogP contribution < -0.4 is 5.32 Å². The Balaban J connectivity index is 0.00000272. The van der Waals surface area contributed by atoms with Gasteiger partial charge in [-0.05, 0) is 61.8 Å². The van der Waals surface area contributed by atoms with Crippen LogP contribution in [0.3, 0.4) is 0 Å². The van der Waals surface area contributed by atoms with Gasteiger partial charge in [0.25, 0.3) is 17.7 Å². The van der Waals surface area contributed by atoms with Crippen molar-refractivity contribution in [2.75, 3.05) is 26.2 Å². The number of likely N-dealkylation sites (tertiary alicyclic amines) is 1. The molecular formula is C23H25ClFN3O3. The van der Waals surface area contributed by atoms with Crippen LogP contribution in [0, 0.1) is 5.82 Å². The van der Waals surface area contributed by atoms with Crippen LogP contribution in [0.2, 0.25) is 0 Å². The molecule has 4 rings (SSSR count). The first-order chi connectivity index (χ1) is 14.5. The number of carbonyl (C=O) groups excluding carboxylic acids is 3. The molecule has 1 N–H and O–H groups in total. The summed E-state index contributed by atoms with van der Waals surface area (Å²) in [5, 5.41) is 2.89. The summed E-state index contributed by atoms with van der Waals surface area (Å²) in [6, 6.07) is 10.2. The van der Waals surface area contributed by atoms with Crippen molar-refractivity contribution in [2.45, 2.75) is 25.8 Å². The minimum Gasteiger partial charge on any atom is -0.351 e. The second kappa shape index (κ2) is 10.0. The van der Waals surface area contributed by atoms with E-state index >= 15 is 0 Å². The van der Waals surface area contributed by atoms with E-state index < -0.39 is 11.8 Å². The maximum absolute atomic E-state index is 13.1. The fourth-order valence-corrected chi connectivity index (χ4v) is 3.96. The highest BCUT2D eigenvalue weighted by Gasteiger charge is 2.36. The zero-order valence-electron chi connectivity index (χ0n) is 17.1. The molecule has 2 aromatic rings. The quantitative estimate of drug-likeness (QED) is 0.693. The van der Waals surface area contributed by atoms with Crippen LogP contribution in [-0.2, 0) is 6.54 Å². The molecular weight excluding hydrogens is 421 g/mol. The van der Waals surface area contributed by atoms with Crippen LogP contribution in [-0.4, -0.2) is 53.7 Å². The van der Waals surface area contributed by atoms with Crippen molar-refractivity contribution in [3.05, 3.63) is 70.5 Å². The van der Waals surface area contributed by atoms with Gasteiger partial charge in [0.1, 0.15) is 5.82 Å². The molecule has 0 unspecified atom stereocenters. The Morgan fingerprint density at radius 3 is 2.32 bits per heavy atom. The molecule has 2 aliphatic heterocycles. The van der Waals surface area contributed by atoms with Crippen LogP contribution in [0.15, 0.2) is 42.5 Å². The number of nitrogens with one attached hydrogen (secondary N) is 1. The maximum Gasteiger partial charge on any atom is 0.261 e. The van der Waals surface area contributed by atoms with Gasteiger partial charge in [-0.1, -0.05) is 18.6 Å². The van der Waals surface area contributed by atoms with Crippen LogP contribution >= 0.6 is 12.4 Å². The van der Waals surface area contributed by atoms with E-state index in [0.717, 1.165) is 24.5 Å². The Kier molecular flexibility index (Phi) is 7.41. The lowest BCUT2D eigenvalue weighted by molar-refractivity contribution is 0.0642. The van der Waals surface area contributed by atoms with Gasteiger partial charge in [-0.25, -0.2) is 4.39 Å². The fraction of sp³-hybridized carbons (Fsp3) is 0.348. The molecule has 0 spiro atoms. The summed E-state index contributed by atoms with van der Waals surface area (Å²) < 4.78 is 13.1. The Bertz CT molecular complexity index is 975. The molecule has 0 bridgehead atoms. The largest absolute Gasteiger partial charge is 0.351 e. The molecule has 2 aliphatic rings. The molecule has 0 radical (unpaired) electrons. The summed E-state index contributed by atoms with van der Waals surface area (Å²) in [4.78, 5) is 41.4. The Morgan fingerprint density at radius 2 is 1.61 bits per heavy atom. The normalized spacial score (nSPS) is 16.1. The van der Waals surface area contributed by atoms with Crippen molar-refractivity contribution in [3.63, 3.8) is 0 Å². The number of carbonyl (C=O) groups is 3. The predicted molar refractivity (Wildman–Crippen MR) is 117 cm³/mol. The molecule has 6 nitrogen and oxygen atoms in total. The number of fused-ring (bicyclic) bond motifs is 1.